The topological polar surface area (TPSA) is 65.2 Å². The molecule has 0 atom stereocenters. The van der Waals surface area contributed by atoms with Gasteiger partial charge in [-0.25, -0.2) is 9.78 Å². The number of anilines is 1. The van der Waals surface area contributed by atoms with Crippen molar-refractivity contribution in [1.29, 1.82) is 0 Å². The van der Waals surface area contributed by atoms with Crippen molar-refractivity contribution in [3.05, 3.63) is 34.9 Å². The highest BCUT2D eigenvalue weighted by Crippen LogP contribution is 2.25. The van der Waals surface area contributed by atoms with E-state index in [9.17, 15) is 4.79 Å². The fraction of sp³-hybridized carbons (Fsp3) is 0.0909. The largest absolute Gasteiger partial charge is 0.465 e. The van der Waals surface area contributed by atoms with Gasteiger partial charge in [-0.3, -0.25) is 0 Å². The van der Waals surface area contributed by atoms with Crippen LogP contribution in [0.25, 0.3) is 10.9 Å². The number of carbonyl (C=O) groups is 1. The minimum Gasteiger partial charge on any atom is -0.465 e. The van der Waals surface area contributed by atoms with Gasteiger partial charge in [0.15, 0.2) is 0 Å². The number of aromatic nitrogens is 1. The van der Waals surface area contributed by atoms with Gasteiger partial charge in [0.2, 0.25) is 0 Å². The van der Waals surface area contributed by atoms with Crippen LogP contribution in [0.5, 0.6) is 0 Å². The number of nitrogens with two attached hydrogens (primary N) is 1. The quantitative estimate of drug-likeness (QED) is 0.772. The molecule has 0 aliphatic carbocycles. The van der Waals surface area contributed by atoms with Gasteiger partial charge < -0.3 is 10.5 Å². The number of ether oxygens (including phenoxy) is 1. The van der Waals surface area contributed by atoms with E-state index in [4.69, 9.17) is 17.3 Å². The molecular formula is C11H9ClN2O2. The Bertz CT molecular complexity index is 569. The van der Waals surface area contributed by atoms with Gasteiger partial charge in [0.05, 0.1) is 12.6 Å². The van der Waals surface area contributed by atoms with E-state index in [2.05, 4.69) is 9.72 Å². The Labute approximate surface area is 97.0 Å². The molecule has 1 heterocycles. The molecular weight excluding hydrogens is 228 g/mol. The summed E-state index contributed by atoms with van der Waals surface area (Å²) in [5, 5.41) is 1.20. The minimum atomic E-state index is -0.521. The Morgan fingerprint density at radius 3 is 2.94 bits per heavy atom. The summed E-state index contributed by atoms with van der Waals surface area (Å²) in [6, 6.07) is 6.86. The van der Waals surface area contributed by atoms with Gasteiger partial charge in [0.1, 0.15) is 11.4 Å². The van der Waals surface area contributed by atoms with Crippen LogP contribution in [0.2, 0.25) is 5.02 Å². The highest BCUT2D eigenvalue weighted by molar-refractivity contribution is 6.35. The third-order valence-electron chi connectivity index (χ3n) is 2.24. The van der Waals surface area contributed by atoms with Crippen LogP contribution in [-0.2, 0) is 4.74 Å². The molecule has 82 valence electrons. The number of hydrogen-bond donors (Lipinski definition) is 1. The van der Waals surface area contributed by atoms with Crippen LogP contribution in [-0.4, -0.2) is 18.1 Å². The van der Waals surface area contributed by atoms with Crippen molar-refractivity contribution in [2.45, 2.75) is 0 Å². The van der Waals surface area contributed by atoms with E-state index in [1.54, 1.807) is 24.3 Å². The average molecular weight is 237 g/mol. The van der Waals surface area contributed by atoms with Gasteiger partial charge in [0, 0.05) is 10.4 Å². The first-order valence-electron chi connectivity index (χ1n) is 4.56. The Balaban J connectivity index is 2.74. The molecule has 1 aromatic carbocycles. The zero-order valence-corrected chi connectivity index (χ0v) is 9.28. The highest BCUT2D eigenvalue weighted by atomic mass is 35.5. The molecule has 0 spiro atoms. The van der Waals surface area contributed by atoms with Gasteiger partial charge in [-0.15, -0.1) is 0 Å². The SMILES string of the molecule is COC(=O)c1cc2c(Cl)cccc2nc1N. The molecule has 0 bridgehead atoms. The van der Waals surface area contributed by atoms with Crippen molar-refractivity contribution >= 4 is 34.3 Å². The maximum absolute atomic E-state index is 11.4. The van der Waals surface area contributed by atoms with Crippen LogP contribution in [0.1, 0.15) is 10.4 Å². The smallest absolute Gasteiger partial charge is 0.341 e. The lowest BCUT2D eigenvalue weighted by atomic mass is 10.1. The minimum absolute atomic E-state index is 0.140. The van der Waals surface area contributed by atoms with E-state index in [-0.39, 0.29) is 11.4 Å². The third-order valence-corrected chi connectivity index (χ3v) is 2.57. The second-order valence-corrected chi connectivity index (χ2v) is 3.63. The zero-order chi connectivity index (χ0) is 11.7. The van der Waals surface area contributed by atoms with Crippen LogP contribution < -0.4 is 5.73 Å². The molecule has 0 aliphatic heterocycles. The van der Waals surface area contributed by atoms with Crippen molar-refractivity contribution in [3.63, 3.8) is 0 Å². The molecule has 0 fully saturated rings. The number of benzene rings is 1. The van der Waals surface area contributed by atoms with Gasteiger partial charge >= 0.3 is 5.97 Å². The first kappa shape index (κ1) is 10.7. The third kappa shape index (κ3) is 1.67. The molecule has 16 heavy (non-hydrogen) atoms. The number of nitrogens with zero attached hydrogens (tertiary/aromatic N) is 1. The maximum atomic E-state index is 11.4. The van der Waals surface area contributed by atoms with E-state index in [1.165, 1.54) is 7.11 Å². The summed E-state index contributed by atoms with van der Waals surface area (Å²) in [7, 11) is 1.29. The summed E-state index contributed by atoms with van der Waals surface area (Å²) in [5.74, 6) is -0.381. The summed E-state index contributed by atoms with van der Waals surface area (Å²) in [5.41, 5.74) is 6.53. The van der Waals surface area contributed by atoms with Crippen molar-refractivity contribution in [2.75, 3.05) is 12.8 Å². The van der Waals surface area contributed by atoms with Gasteiger partial charge in [-0.1, -0.05) is 17.7 Å². The Morgan fingerprint density at radius 1 is 1.50 bits per heavy atom. The molecule has 0 saturated heterocycles. The lowest BCUT2D eigenvalue weighted by Crippen LogP contribution is -2.07. The average Bonchev–Trinajstić information content (AvgIpc) is 2.28. The molecule has 2 N–H and O–H groups in total. The van der Waals surface area contributed by atoms with E-state index < -0.39 is 5.97 Å². The summed E-state index contributed by atoms with van der Waals surface area (Å²) in [4.78, 5) is 15.5. The van der Waals surface area contributed by atoms with Gasteiger partial charge in [-0.05, 0) is 18.2 Å². The molecule has 0 unspecified atom stereocenters. The summed E-state index contributed by atoms with van der Waals surface area (Å²) in [6.45, 7) is 0. The predicted molar refractivity (Wildman–Crippen MR) is 62.5 cm³/mol. The number of hydrogen-bond acceptors (Lipinski definition) is 4. The molecule has 5 heteroatoms. The standard InChI is InChI=1S/C11H9ClN2O2/c1-16-11(15)7-5-6-8(12)3-2-4-9(6)14-10(7)13/h2-5H,1H3,(H2,13,14). The molecule has 2 aromatic rings. The highest BCUT2D eigenvalue weighted by Gasteiger charge is 2.13. The number of pyridine rings is 1. The number of methoxy groups -OCH3 is 1. The molecule has 0 saturated carbocycles. The van der Waals surface area contributed by atoms with Gasteiger partial charge in [-0.2, -0.15) is 0 Å². The number of halogens is 1. The molecule has 0 radical (unpaired) electrons. The number of esters is 1. The van der Waals surface area contributed by atoms with Gasteiger partial charge in [0.25, 0.3) is 0 Å². The van der Waals surface area contributed by atoms with Crippen LogP contribution >= 0.6 is 11.6 Å². The monoisotopic (exact) mass is 236 g/mol. The second-order valence-electron chi connectivity index (χ2n) is 3.22. The predicted octanol–water partition coefficient (Wildman–Crippen LogP) is 2.26. The van der Waals surface area contributed by atoms with E-state index in [1.807, 2.05) is 0 Å². The van der Waals surface area contributed by atoms with Crippen molar-refractivity contribution in [1.82, 2.24) is 4.98 Å². The lowest BCUT2D eigenvalue weighted by molar-refractivity contribution is 0.0602. The Kier molecular flexibility index (Phi) is 2.66. The molecule has 1 aromatic heterocycles. The van der Waals surface area contributed by atoms with E-state index in [0.29, 0.717) is 15.9 Å². The fourth-order valence-electron chi connectivity index (χ4n) is 1.45. The number of fused-ring (bicyclic) bond motifs is 1. The summed E-state index contributed by atoms with van der Waals surface area (Å²) in [6.07, 6.45) is 0. The molecule has 2 rings (SSSR count). The second kappa shape index (κ2) is 3.98. The van der Waals surface area contributed by atoms with Crippen molar-refractivity contribution < 1.29 is 9.53 Å². The van der Waals surface area contributed by atoms with Crippen LogP contribution in [0, 0.1) is 0 Å². The first-order valence-corrected chi connectivity index (χ1v) is 4.94. The van der Waals surface area contributed by atoms with E-state index in [0.717, 1.165) is 0 Å². The Hall–Kier alpha value is -1.81. The van der Waals surface area contributed by atoms with Crippen LogP contribution in [0.3, 0.4) is 0 Å². The molecule has 4 nitrogen and oxygen atoms in total. The van der Waals surface area contributed by atoms with Crippen molar-refractivity contribution in [2.24, 2.45) is 0 Å². The number of rotatable bonds is 1. The fourth-order valence-corrected chi connectivity index (χ4v) is 1.67. The molecule has 0 amide bonds. The summed E-state index contributed by atoms with van der Waals surface area (Å²) < 4.78 is 4.60. The Morgan fingerprint density at radius 2 is 2.25 bits per heavy atom. The normalized spacial score (nSPS) is 10.4. The number of nitrogen functional groups attached to an aromatic ring is 1. The number of carbonyl (C=O) groups excluding carboxylic acids is 1. The van der Waals surface area contributed by atoms with Crippen molar-refractivity contribution in [3.8, 4) is 0 Å². The van der Waals surface area contributed by atoms with Crippen LogP contribution in [0.4, 0.5) is 5.82 Å². The lowest BCUT2D eigenvalue weighted by Gasteiger charge is -2.06. The first-order chi connectivity index (χ1) is 7.63. The van der Waals surface area contributed by atoms with E-state index >= 15 is 0 Å². The molecule has 0 aliphatic rings. The van der Waals surface area contributed by atoms with Crippen LogP contribution in [0.15, 0.2) is 24.3 Å². The zero-order valence-electron chi connectivity index (χ0n) is 8.53. The maximum Gasteiger partial charge on any atom is 0.341 e. The summed E-state index contributed by atoms with van der Waals surface area (Å²) >= 11 is 6.00.